The van der Waals surface area contributed by atoms with Gasteiger partial charge in [-0.05, 0) is 42.5 Å². The van der Waals surface area contributed by atoms with Crippen molar-refractivity contribution in [2.75, 3.05) is 36.4 Å². The summed E-state index contributed by atoms with van der Waals surface area (Å²) in [5.74, 6) is -0.741. The van der Waals surface area contributed by atoms with Gasteiger partial charge in [-0.25, -0.2) is 13.8 Å². The van der Waals surface area contributed by atoms with Crippen molar-refractivity contribution in [3.63, 3.8) is 0 Å². The number of hydrogen-bond acceptors (Lipinski definition) is 4. The predicted octanol–water partition coefficient (Wildman–Crippen LogP) is 4.07. The summed E-state index contributed by atoms with van der Waals surface area (Å²) in [5, 5.41) is 3.05. The molecule has 1 saturated heterocycles. The van der Waals surface area contributed by atoms with Crippen LogP contribution in [0, 0.1) is 11.6 Å². The highest BCUT2D eigenvalue weighted by atomic mass is 19.1. The Morgan fingerprint density at radius 2 is 1.69 bits per heavy atom. The van der Waals surface area contributed by atoms with E-state index in [0.29, 0.717) is 48.9 Å². The zero-order valence-electron chi connectivity index (χ0n) is 15.7. The summed E-state index contributed by atoms with van der Waals surface area (Å²) in [4.78, 5) is 20.6. The van der Waals surface area contributed by atoms with Gasteiger partial charge in [-0.2, -0.15) is 0 Å². The molecule has 1 N–H and O–H groups in total. The Labute approximate surface area is 167 Å². The normalized spacial score (nSPS) is 14.0. The quantitative estimate of drug-likeness (QED) is 0.725. The van der Waals surface area contributed by atoms with E-state index in [1.165, 1.54) is 18.2 Å². The second-order valence-corrected chi connectivity index (χ2v) is 6.80. The van der Waals surface area contributed by atoms with Gasteiger partial charge in [0.1, 0.15) is 17.3 Å². The highest BCUT2D eigenvalue weighted by molar-refractivity contribution is 5.92. The van der Waals surface area contributed by atoms with Gasteiger partial charge in [0.2, 0.25) is 0 Å². The maximum atomic E-state index is 14.0. The molecule has 1 aromatic heterocycles. The summed E-state index contributed by atoms with van der Waals surface area (Å²) in [7, 11) is 0. The van der Waals surface area contributed by atoms with Crippen molar-refractivity contribution in [3.05, 3.63) is 84.2 Å². The molecule has 0 atom stereocenters. The monoisotopic (exact) mass is 394 g/mol. The summed E-state index contributed by atoms with van der Waals surface area (Å²) in [5.41, 5.74) is 2.17. The number of para-hydroxylation sites is 1. The van der Waals surface area contributed by atoms with Gasteiger partial charge in [0.15, 0.2) is 0 Å². The largest absolute Gasteiger partial charge is 0.366 e. The molecule has 2 heterocycles. The fourth-order valence-corrected chi connectivity index (χ4v) is 3.35. The molecule has 1 aliphatic rings. The van der Waals surface area contributed by atoms with E-state index in [0.717, 1.165) is 0 Å². The molecule has 0 bridgehead atoms. The lowest BCUT2D eigenvalue weighted by molar-refractivity contribution is 0.0741. The Morgan fingerprint density at radius 1 is 0.897 bits per heavy atom. The first-order valence-electron chi connectivity index (χ1n) is 9.37. The zero-order chi connectivity index (χ0) is 20.2. The lowest BCUT2D eigenvalue weighted by Gasteiger charge is -2.36. The van der Waals surface area contributed by atoms with E-state index in [9.17, 15) is 13.6 Å². The van der Waals surface area contributed by atoms with Crippen LogP contribution in [0.3, 0.4) is 0 Å². The zero-order valence-corrected chi connectivity index (χ0v) is 15.7. The molecule has 7 heteroatoms. The van der Waals surface area contributed by atoms with E-state index in [2.05, 4.69) is 10.3 Å². The van der Waals surface area contributed by atoms with Crippen LogP contribution in [0.1, 0.15) is 10.5 Å². The summed E-state index contributed by atoms with van der Waals surface area (Å²) in [6.45, 7) is 2.12. The van der Waals surface area contributed by atoms with Gasteiger partial charge in [0.25, 0.3) is 5.91 Å². The minimum Gasteiger partial charge on any atom is -0.366 e. The van der Waals surface area contributed by atoms with Gasteiger partial charge in [-0.15, -0.1) is 0 Å². The fraction of sp³-hybridized carbons (Fsp3) is 0.182. The van der Waals surface area contributed by atoms with Gasteiger partial charge in [0, 0.05) is 31.9 Å². The maximum absolute atomic E-state index is 14.0. The number of amides is 1. The third-order valence-corrected chi connectivity index (χ3v) is 4.86. The number of pyridine rings is 1. The highest BCUT2D eigenvalue weighted by Gasteiger charge is 2.24. The number of carbonyl (C=O) groups is 1. The van der Waals surface area contributed by atoms with E-state index < -0.39 is 0 Å². The molecule has 29 heavy (non-hydrogen) atoms. The number of aromatic nitrogens is 1. The van der Waals surface area contributed by atoms with Crippen molar-refractivity contribution in [2.24, 2.45) is 0 Å². The molecule has 0 radical (unpaired) electrons. The van der Waals surface area contributed by atoms with E-state index in [1.54, 1.807) is 53.6 Å². The Balaban J connectivity index is 1.37. The number of hydrogen-bond donors (Lipinski definition) is 1. The topological polar surface area (TPSA) is 48.5 Å². The third kappa shape index (κ3) is 4.34. The van der Waals surface area contributed by atoms with Gasteiger partial charge in [0.05, 0.1) is 17.6 Å². The lowest BCUT2D eigenvalue weighted by Crippen LogP contribution is -2.49. The molecular formula is C22H20F2N4O. The predicted molar refractivity (Wildman–Crippen MR) is 108 cm³/mol. The van der Waals surface area contributed by atoms with Crippen molar-refractivity contribution in [1.29, 1.82) is 0 Å². The molecule has 0 spiro atoms. The number of halogens is 2. The van der Waals surface area contributed by atoms with Gasteiger partial charge in [-0.1, -0.05) is 18.2 Å². The first-order valence-corrected chi connectivity index (χ1v) is 9.37. The Hall–Kier alpha value is -3.48. The van der Waals surface area contributed by atoms with E-state index >= 15 is 0 Å². The van der Waals surface area contributed by atoms with Crippen LogP contribution in [-0.2, 0) is 0 Å². The number of nitrogens with zero attached hydrogens (tertiary/aromatic N) is 3. The van der Waals surface area contributed by atoms with Crippen LogP contribution in [0.2, 0.25) is 0 Å². The van der Waals surface area contributed by atoms with Crippen LogP contribution in [0.15, 0.2) is 66.9 Å². The smallest absolute Gasteiger partial charge is 0.272 e. The van der Waals surface area contributed by atoms with Gasteiger partial charge < -0.3 is 15.1 Å². The standard InChI is InChI=1S/C22H20F2N4O/c23-16-4-3-5-17(14-16)26-18-8-9-20(25-15-18)22(29)28-12-10-27(11-13-28)21-7-2-1-6-19(21)24/h1-9,14-15,26H,10-13H2. The molecule has 4 rings (SSSR count). The molecule has 2 aromatic carbocycles. The van der Waals surface area contributed by atoms with Crippen LogP contribution in [-0.4, -0.2) is 42.0 Å². The number of rotatable bonds is 4. The minimum atomic E-state index is -0.329. The van der Waals surface area contributed by atoms with Crippen molar-refractivity contribution in [3.8, 4) is 0 Å². The molecule has 0 aliphatic carbocycles. The molecule has 5 nitrogen and oxygen atoms in total. The SMILES string of the molecule is O=C(c1ccc(Nc2cccc(F)c2)cn1)N1CCN(c2ccccc2F)CC1. The Bertz CT molecular complexity index is 1000. The highest BCUT2D eigenvalue weighted by Crippen LogP contribution is 2.21. The molecule has 1 aliphatic heterocycles. The molecule has 0 saturated carbocycles. The summed E-state index contributed by atoms with van der Waals surface area (Å²) in [6.07, 6.45) is 1.55. The second kappa shape index (κ2) is 8.26. The Kier molecular flexibility index (Phi) is 5.37. The molecular weight excluding hydrogens is 374 g/mol. The van der Waals surface area contributed by atoms with E-state index in [-0.39, 0.29) is 17.5 Å². The van der Waals surface area contributed by atoms with E-state index in [1.807, 2.05) is 4.90 Å². The lowest BCUT2D eigenvalue weighted by atomic mass is 10.2. The average molecular weight is 394 g/mol. The minimum absolute atomic E-state index is 0.157. The first-order chi connectivity index (χ1) is 14.1. The second-order valence-electron chi connectivity index (χ2n) is 6.80. The van der Waals surface area contributed by atoms with Crippen LogP contribution in [0.5, 0.6) is 0 Å². The number of carbonyl (C=O) groups excluding carboxylic acids is 1. The van der Waals surface area contributed by atoms with E-state index in [4.69, 9.17) is 0 Å². The number of nitrogens with one attached hydrogen (secondary N) is 1. The van der Waals surface area contributed by atoms with Gasteiger partial charge in [-0.3, -0.25) is 4.79 Å². The Morgan fingerprint density at radius 3 is 2.38 bits per heavy atom. The molecule has 0 unspecified atom stereocenters. The summed E-state index contributed by atoms with van der Waals surface area (Å²) in [6, 6.07) is 16.2. The van der Waals surface area contributed by atoms with Crippen LogP contribution < -0.4 is 10.2 Å². The third-order valence-electron chi connectivity index (χ3n) is 4.86. The average Bonchev–Trinajstić information content (AvgIpc) is 2.74. The van der Waals surface area contributed by atoms with Crippen molar-refractivity contribution in [1.82, 2.24) is 9.88 Å². The maximum Gasteiger partial charge on any atom is 0.272 e. The first kappa shape index (κ1) is 18.9. The summed E-state index contributed by atoms with van der Waals surface area (Å²) < 4.78 is 27.2. The molecule has 1 amide bonds. The van der Waals surface area contributed by atoms with Crippen molar-refractivity contribution < 1.29 is 13.6 Å². The van der Waals surface area contributed by atoms with Crippen molar-refractivity contribution in [2.45, 2.75) is 0 Å². The molecule has 1 fully saturated rings. The number of piperazine rings is 1. The summed E-state index contributed by atoms with van der Waals surface area (Å²) >= 11 is 0. The van der Waals surface area contributed by atoms with Crippen LogP contribution >= 0.6 is 0 Å². The van der Waals surface area contributed by atoms with Crippen LogP contribution in [0.25, 0.3) is 0 Å². The van der Waals surface area contributed by atoms with Gasteiger partial charge >= 0.3 is 0 Å². The van der Waals surface area contributed by atoms with Crippen molar-refractivity contribution >= 4 is 23.0 Å². The number of benzene rings is 2. The molecule has 3 aromatic rings. The number of anilines is 3. The molecule has 148 valence electrons. The van der Waals surface area contributed by atoms with Crippen LogP contribution in [0.4, 0.5) is 25.8 Å². The fourth-order valence-electron chi connectivity index (χ4n) is 3.35.